The zero-order valence-corrected chi connectivity index (χ0v) is 16.8. The third-order valence-electron chi connectivity index (χ3n) is 5.51. The topological polar surface area (TPSA) is 67.2 Å². The summed E-state index contributed by atoms with van der Waals surface area (Å²) in [6.45, 7) is 6.27. The van der Waals surface area contributed by atoms with Gasteiger partial charge in [-0.1, -0.05) is 37.6 Å². The lowest BCUT2D eigenvalue weighted by molar-refractivity contribution is -0.137. The predicted molar refractivity (Wildman–Crippen MR) is 103 cm³/mol. The number of nitrogens with one attached hydrogen (secondary N) is 2. The van der Waals surface area contributed by atoms with Crippen LogP contribution in [-0.4, -0.2) is 23.1 Å². The zero-order valence-electron chi connectivity index (χ0n) is 16.8. The summed E-state index contributed by atoms with van der Waals surface area (Å²) in [6.07, 6.45) is -1.13. The zero-order chi connectivity index (χ0) is 21.2. The molecule has 1 fully saturated rings. The van der Waals surface area contributed by atoms with Crippen molar-refractivity contribution in [1.29, 1.82) is 0 Å². The Hall–Kier alpha value is -2.35. The van der Waals surface area contributed by atoms with Crippen LogP contribution in [0.1, 0.15) is 61.6 Å². The first-order valence-corrected chi connectivity index (χ1v) is 9.87. The molecule has 0 spiro atoms. The maximum atomic E-state index is 12.9. The van der Waals surface area contributed by atoms with Crippen molar-refractivity contribution in [2.75, 3.05) is 0 Å². The molecule has 1 unspecified atom stereocenters. The van der Waals surface area contributed by atoms with Crippen molar-refractivity contribution in [2.45, 2.75) is 64.8 Å². The Balaban J connectivity index is 1.89. The highest BCUT2D eigenvalue weighted by atomic mass is 19.4. The molecule has 29 heavy (non-hydrogen) atoms. The molecule has 0 radical (unpaired) electrons. The van der Waals surface area contributed by atoms with E-state index in [4.69, 9.17) is 4.52 Å². The summed E-state index contributed by atoms with van der Waals surface area (Å²) >= 11 is 0. The van der Waals surface area contributed by atoms with E-state index in [-0.39, 0.29) is 23.6 Å². The van der Waals surface area contributed by atoms with Gasteiger partial charge >= 0.3 is 6.18 Å². The van der Waals surface area contributed by atoms with Crippen molar-refractivity contribution in [2.24, 2.45) is 5.92 Å². The van der Waals surface area contributed by atoms with Gasteiger partial charge in [-0.05, 0) is 37.8 Å². The Bertz CT molecular complexity index is 840. The van der Waals surface area contributed by atoms with Crippen LogP contribution in [0.2, 0.25) is 0 Å². The van der Waals surface area contributed by atoms with E-state index in [2.05, 4.69) is 15.8 Å². The summed E-state index contributed by atoms with van der Waals surface area (Å²) in [5.41, 5.74) is 0.440. The van der Waals surface area contributed by atoms with Gasteiger partial charge in [0.2, 0.25) is 0 Å². The van der Waals surface area contributed by atoms with Gasteiger partial charge in [-0.25, -0.2) is 0 Å². The number of benzene rings is 1. The maximum Gasteiger partial charge on any atom is 0.416 e. The summed E-state index contributed by atoms with van der Waals surface area (Å²) in [6, 6.07) is 5.00. The molecule has 2 N–H and O–H groups in total. The predicted octanol–water partition coefficient (Wildman–Crippen LogP) is 4.78. The molecule has 1 aromatic carbocycles. The van der Waals surface area contributed by atoms with Gasteiger partial charge in [0.15, 0.2) is 11.5 Å². The van der Waals surface area contributed by atoms with Crippen LogP contribution in [-0.2, 0) is 12.7 Å². The Labute approximate surface area is 168 Å². The molecular formula is C21H26F3N3O2. The first-order chi connectivity index (χ1) is 13.7. The summed E-state index contributed by atoms with van der Waals surface area (Å²) in [7, 11) is 0. The maximum absolute atomic E-state index is 12.9. The van der Waals surface area contributed by atoms with Crippen molar-refractivity contribution in [1.82, 2.24) is 15.8 Å². The fourth-order valence-electron chi connectivity index (χ4n) is 2.99. The Kier molecular flexibility index (Phi) is 6.31. The highest BCUT2D eigenvalue weighted by Gasteiger charge is 2.31. The van der Waals surface area contributed by atoms with Crippen LogP contribution in [0.3, 0.4) is 0 Å². The molecule has 3 rings (SSSR count). The van der Waals surface area contributed by atoms with Crippen LogP contribution < -0.4 is 10.6 Å². The van der Waals surface area contributed by atoms with Crippen molar-refractivity contribution >= 4 is 5.91 Å². The first kappa shape index (κ1) is 21.4. The van der Waals surface area contributed by atoms with Crippen molar-refractivity contribution in [3.05, 3.63) is 41.1 Å². The number of carbonyl (C=O) groups is 1. The molecule has 1 aromatic heterocycles. The van der Waals surface area contributed by atoms with E-state index in [0.29, 0.717) is 29.5 Å². The standard InChI is InChI=1S/C21H26F3N3O2/c1-12(2)13(3)26-20(28)18-17(11-25-16-5-4-6-16)19(29-27-18)14-7-9-15(10-8-14)21(22,23)24/h7-10,12-13,16,25H,4-6,11H2,1-3H3,(H,26,28). The number of rotatable bonds is 7. The number of amides is 1. The largest absolute Gasteiger partial charge is 0.416 e. The number of aromatic nitrogens is 1. The number of hydrogen-bond acceptors (Lipinski definition) is 4. The number of alkyl halides is 3. The highest BCUT2D eigenvalue weighted by Crippen LogP contribution is 2.33. The van der Waals surface area contributed by atoms with Gasteiger partial charge in [-0.2, -0.15) is 13.2 Å². The van der Waals surface area contributed by atoms with E-state index in [9.17, 15) is 18.0 Å². The van der Waals surface area contributed by atoms with Gasteiger partial charge in [-0.3, -0.25) is 4.79 Å². The molecule has 1 aliphatic rings. The highest BCUT2D eigenvalue weighted by molar-refractivity contribution is 5.95. The smallest absolute Gasteiger partial charge is 0.355 e. The van der Waals surface area contributed by atoms with E-state index in [0.717, 1.165) is 31.4 Å². The van der Waals surface area contributed by atoms with E-state index in [1.807, 2.05) is 20.8 Å². The average Bonchev–Trinajstić information content (AvgIpc) is 3.03. The molecule has 2 aromatic rings. The fourth-order valence-corrected chi connectivity index (χ4v) is 2.99. The van der Waals surface area contributed by atoms with Gasteiger partial charge in [0, 0.05) is 29.8 Å². The van der Waals surface area contributed by atoms with Gasteiger partial charge in [-0.15, -0.1) is 0 Å². The minimum atomic E-state index is -4.41. The van der Waals surface area contributed by atoms with Crippen LogP contribution in [0.5, 0.6) is 0 Å². The number of carbonyl (C=O) groups excluding carboxylic acids is 1. The molecule has 1 saturated carbocycles. The average molecular weight is 409 g/mol. The summed E-state index contributed by atoms with van der Waals surface area (Å²) in [4.78, 5) is 12.7. The molecule has 8 heteroatoms. The van der Waals surface area contributed by atoms with E-state index in [1.54, 1.807) is 0 Å². The minimum Gasteiger partial charge on any atom is -0.355 e. The third-order valence-corrected chi connectivity index (χ3v) is 5.51. The quantitative estimate of drug-likeness (QED) is 0.691. The van der Waals surface area contributed by atoms with Gasteiger partial charge < -0.3 is 15.2 Å². The van der Waals surface area contributed by atoms with Crippen LogP contribution in [0.15, 0.2) is 28.8 Å². The monoisotopic (exact) mass is 409 g/mol. The number of nitrogens with zero attached hydrogens (tertiary/aromatic N) is 1. The van der Waals surface area contributed by atoms with Gasteiger partial charge in [0.1, 0.15) is 0 Å². The van der Waals surface area contributed by atoms with Crippen LogP contribution in [0.4, 0.5) is 13.2 Å². The number of hydrogen-bond donors (Lipinski definition) is 2. The second-order valence-electron chi connectivity index (χ2n) is 7.93. The van der Waals surface area contributed by atoms with Crippen LogP contribution in [0, 0.1) is 5.92 Å². The Morgan fingerprint density at radius 3 is 2.38 bits per heavy atom. The lowest BCUT2D eigenvalue weighted by atomic mass is 9.93. The minimum absolute atomic E-state index is 0.0545. The summed E-state index contributed by atoms with van der Waals surface area (Å²) in [5, 5.41) is 10.2. The second kappa shape index (κ2) is 8.57. The van der Waals surface area contributed by atoms with E-state index < -0.39 is 11.7 Å². The molecule has 1 atom stereocenters. The first-order valence-electron chi connectivity index (χ1n) is 9.87. The van der Waals surface area contributed by atoms with Gasteiger partial charge in [0.25, 0.3) is 5.91 Å². The normalized spacial score (nSPS) is 16.0. The molecular weight excluding hydrogens is 383 g/mol. The molecule has 1 amide bonds. The lowest BCUT2D eigenvalue weighted by Gasteiger charge is -2.26. The SMILES string of the molecule is CC(C)C(C)NC(=O)c1noc(-c2ccc(C(F)(F)F)cc2)c1CNC1CCC1. The molecule has 0 saturated heterocycles. The Morgan fingerprint density at radius 2 is 1.86 bits per heavy atom. The lowest BCUT2D eigenvalue weighted by Crippen LogP contribution is -2.38. The van der Waals surface area contributed by atoms with Crippen molar-refractivity contribution in [3.63, 3.8) is 0 Å². The van der Waals surface area contributed by atoms with E-state index in [1.165, 1.54) is 12.1 Å². The second-order valence-corrected chi connectivity index (χ2v) is 7.93. The third kappa shape index (κ3) is 4.98. The van der Waals surface area contributed by atoms with Crippen LogP contribution >= 0.6 is 0 Å². The molecule has 1 heterocycles. The van der Waals surface area contributed by atoms with Crippen molar-refractivity contribution < 1.29 is 22.5 Å². The van der Waals surface area contributed by atoms with Crippen LogP contribution in [0.25, 0.3) is 11.3 Å². The molecule has 158 valence electrons. The molecule has 0 aliphatic heterocycles. The Morgan fingerprint density at radius 1 is 1.21 bits per heavy atom. The van der Waals surface area contributed by atoms with Crippen molar-refractivity contribution in [3.8, 4) is 11.3 Å². The molecule has 0 bridgehead atoms. The van der Waals surface area contributed by atoms with E-state index >= 15 is 0 Å². The summed E-state index contributed by atoms with van der Waals surface area (Å²) < 4.78 is 44.0. The summed E-state index contributed by atoms with van der Waals surface area (Å²) in [5.74, 6) is 0.211. The number of halogens is 3. The molecule has 1 aliphatic carbocycles. The fraction of sp³-hybridized carbons (Fsp3) is 0.524. The van der Waals surface area contributed by atoms with Gasteiger partial charge in [0.05, 0.1) is 5.56 Å². The molecule has 5 nitrogen and oxygen atoms in total.